The Kier molecular flexibility index (Phi) is 3.19. The molecule has 1 aliphatic heterocycles. The molecule has 4 rings (SSSR count). The first-order valence-corrected chi connectivity index (χ1v) is 7.77. The second-order valence-corrected chi connectivity index (χ2v) is 5.99. The van der Waals surface area contributed by atoms with Gasteiger partial charge >= 0.3 is 0 Å². The maximum atomic E-state index is 14.1. The maximum absolute atomic E-state index is 14.1. The summed E-state index contributed by atoms with van der Waals surface area (Å²) in [4.78, 5) is 4.66. The van der Waals surface area contributed by atoms with E-state index in [1.165, 1.54) is 6.07 Å². The minimum absolute atomic E-state index is 0.206. The highest BCUT2D eigenvalue weighted by atomic mass is 19.1. The molecule has 2 aliphatic rings. The van der Waals surface area contributed by atoms with Crippen molar-refractivity contribution in [1.82, 2.24) is 14.9 Å². The zero-order valence-corrected chi connectivity index (χ0v) is 12.2. The third-order valence-electron chi connectivity index (χ3n) is 4.49. The first-order chi connectivity index (χ1) is 10.3. The van der Waals surface area contributed by atoms with Crippen molar-refractivity contribution in [1.29, 1.82) is 0 Å². The van der Waals surface area contributed by atoms with Crippen molar-refractivity contribution >= 4 is 11.0 Å². The maximum Gasteiger partial charge on any atom is 0.151 e. The molecule has 2 aromatic rings. The van der Waals surface area contributed by atoms with E-state index in [2.05, 4.69) is 21.8 Å². The Bertz CT molecular complexity index is 665. The van der Waals surface area contributed by atoms with E-state index in [1.54, 1.807) is 6.07 Å². The van der Waals surface area contributed by atoms with Gasteiger partial charge in [0.05, 0.1) is 24.6 Å². The molecule has 1 N–H and O–H groups in total. The summed E-state index contributed by atoms with van der Waals surface area (Å²) in [6, 6.07) is 5.99. The van der Waals surface area contributed by atoms with E-state index < -0.39 is 0 Å². The Morgan fingerprint density at radius 1 is 1.38 bits per heavy atom. The summed E-state index contributed by atoms with van der Waals surface area (Å²) in [6.45, 7) is 4.37. The van der Waals surface area contributed by atoms with Crippen molar-refractivity contribution in [3.8, 4) is 0 Å². The molecule has 21 heavy (non-hydrogen) atoms. The topological polar surface area (TPSA) is 39.1 Å². The molecule has 5 heteroatoms. The Labute approximate surface area is 123 Å². The van der Waals surface area contributed by atoms with Gasteiger partial charge in [0.1, 0.15) is 11.3 Å². The number of benzene rings is 1. The van der Waals surface area contributed by atoms with E-state index in [1.807, 2.05) is 6.07 Å². The molecule has 1 aliphatic carbocycles. The fourth-order valence-corrected chi connectivity index (χ4v) is 3.35. The van der Waals surface area contributed by atoms with Gasteiger partial charge < -0.3 is 14.6 Å². The number of ether oxygens (including phenoxy) is 1. The molecule has 0 bridgehead atoms. The average molecular weight is 289 g/mol. The van der Waals surface area contributed by atoms with Gasteiger partial charge in [-0.1, -0.05) is 13.0 Å². The van der Waals surface area contributed by atoms with Crippen LogP contribution in [0.25, 0.3) is 11.0 Å². The number of para-hydroxylation sites is 1. The summed E-state index contributed by atoms with van der Waals surface area (Å²) in [7, 11) is 0. The van der Waals surface area contributed by atoms with Crippen LogP contribution < -0.4 is 5.32 Å². The number of imidazole rings is 1. The summed E-state index contributed by atoms with van der Waals surface area (Å²) in [5.41, 5.74) is 1.43. The summed E-state index contributed by atoms with van der Waals surface area (Å²) in [5, 5.41) is 3.47. The molecule has 0 radical (unpaired) electrons. The fourth-order valence-electron chi connectivity index (χ4n) is 3.35. The molecule has 1 aromatic carbocycles. The number of aromatic nitrogens is 2. The SMILES string of the molecule is CCNC1COCC1c1nc2c(F)cccc2n1C1CC1. The largest absolute Gasteiger partial charge is 0.379 e. The van der Waals surface area contributed by atoms with Crippen LogP contribution in [0.4, 0.5) is 4.39 Å². The number of hydrogen-bond acceptors (Lipinski definition) is 3. The fraction of sp³-hybridized carbons (Fsp3) is 0.562. The Balaban J connectivity index is 1.84. The second-order valence-electron chi connectivity index (χ2n) is 5.99. The van der Waals surface area contributed by atoms with Crippen molar-refractivity contribution in [2.75, 3.05) is 19.8 Å². The molecule has 0 amide bonds. The molecule has 1 aromatic heterocycles. The van der Waals surface area contributed by atoms with Crippen LogP contribution in [-0.2, 0) is 4.74 Å². The molecular formula is C16H20FN3O. The Morgan fingerprint density at radius 2 is 2.24 bits per heavy atom. The van der Waals surface area contributed by atoms with Gasteiger partial charge in [-0.2, -0.15) is 0 Å². The third kappa shape index (κ3) is 2.15. The highest BCUT2D eigenvalue weighted by molar-refractivity contribution is 5.77. The number of rotatable bonds is 4. The molecule has 112 valence electrons. The van der Waals surface area contributed by atoms with E-state index >= 15 is 0 Å². The summed E-state index contributed by atoms with van der Waals surface area (Å²) >= 11 is 0. The van der Waals surface area contributed by atoms with Crippen LogP contribution in [0.2, 0.25) is 0 Å². The number of halogens is 1. The smallest absolute Gasteiger partial charge is 0.151 e. The van der Waals surface area contributed by atoms with Crippen LogP contribution in [0.15, 0.2) is 18.2 Å². The third-order valence-corrected chi connectivity index (χ3v) is 4.49. The normalized spacial score (nSPS) is 25.8. The van der Waals surface area contributed by atoms with Crippen LogP contribution in [-0.4, -0.2) is 35.4 Å². The number of fused-ring (bicyclic) bond motifs is 1. The van der Waals surface area contributed by atoms with Crippen molar-refractivity contribution in [3.05, 3.63) is 29.8 Å². The zero-order valence-electron chi connectivity index (χ0n) is 12.2. The molecule has 1 saturated heterocycles. The predicted octanol–water partition coefficient (Wildman–Crippen LogP) is 2.60. The molecule has 2 atom stereocenters. The molecule has 4 nitrogen and oxygen atoms in total. The van der Waals surface area contributed by atoms with Crippen molar-refractivity contribution in [3.63, 3.8) is 0 Å². The van der Waals surface area contributed by atoms with Crippen LogP contribution in [0.5, 0.6) is 0 Å². The lowest BCUT2D eigenvalue weighted by molar-refractivity contribution is 0.187. The predicted molar refractivity (Wildman–Crippen MR) is 79.0 cm³/mol. The van der Waals surface area contributed by atoms with Gasteiger partial charge in [0.15, 0.2) is 5.82 Å². The molecule has 2 fully saturated rings. The number of nitrogens with one attached hydrogen (secondary N) is 1. The molecule has 0 spiro atoms. The van der Waals surface area contributed by atoms with Crippen LogP contribution >= 0.6 is 0 Å². The van der Waals surface area contributed by atoms with Crippen molar-refractivity contribution in [2.45, 2.75) is 37.8 Å². The van der Waals surface area contributed by atoms with E-state index in [0.717, 1.165) is 30.7 Å². The monoisotopic (exact) mass is 289 g/mol. The van der Waals surface area contributed by atoms with Gasteiger partial charge in [-0.3, -0.25) is 0 Å². The highest BCUT2D eigenvalue weighted by Gasteiger charge is 2.37. The van der Waals surface area contributed by atoms with Gasteiger partial charge in [0.2, 0.25) is 0 Å². The summed E-state index contributed by atoms with van der Waals surface area (Å²) in [6.07, 6.45) is 2.32. The van der Waals surface area contributed by atoms with E-state index in [9.17, 15) is 4.39 Å². The van der Waals surface area contributed by atoms with Gasteiger partial charge in [0, 0.05) is 12.1 Å². The Morgan fingerprint density at radius 3 is 3.00 bits per heavy atom. The van der Waals surface area contributed by atoms with E-state index in [-0.39, 0.29) is 17.8 Å². The van der Waals surface area contributed by atoms with Crippen molar-refractivity contribution in [2.24, 2.45) is 0 Å². The standard InChI is InChI=1S/C16H20FN3O/c1-2-18-13-9-21-8-11(13)16-19-15-12(17)4-3-5-14(15)20(16)10-6-7-10/h3-5,10-11,13,18H,2,6-9H2,1H3. The first-order valence-electron chi connectivity index (χ1n) is 7.77. The molecule has 2 heterocycles. The van der Waals surface area contributed by atoms with Gasteiger partial charge in [-0.05, 0) is 31.5 Å². The zero-order chi connectivity index (χ0) is 14.4. The first kappa shape index (κ1) is 13.2. The molecular weight excluding hydrogens is 269 g/mol. The van der Waals surface area contributed by atoms with Crippen LogP contribution in [0, 0.1) is 5.82 Å². The van der Waals surface area contributed by atoms with Gasteiger partial charge in [-0.25, -0.2) is 9.37 Å². The molecule has 2 unspecified atom stereocenters. The lowest BCUT2D eigenvalue weighted by Crippen LogP contribution is -2.35. The Hall–Kier alpha value is -1.46. The van der Waals surface area contributed by atoms with Crippen LogP contribution in [0.3, 0.4) is 0 Å². The minimum Gasteiger partial charge on any atom is -0.379 e. The molecule has 1 saturated carbocycles. The summed E-state index contributed by atoms with van der Waals surface area (Å²) in [5.74, 6) is 0.963. The highest BCUT2D eigenvalue weighted by Crippen LogP contribution is 2.41. The average Bonchev–Trinajstić information content (AvgIpc) is 3.08. The number of likely N-dealkylation sites (N-methyl/N-ethyl adjacent to an activating group) is 1. The second kappa shape index (κ2) is 5.07. The minimum atomic E-state index is -0.230. The van der Waals surface area contributed by atoms with Gasteiger partial charge in [-0.15, -0.1) is 0 Å². The lowest BCUT2D eigenvalue weighted by atomic mass is 10.0. The number of hydrogen-bond donors (Lipinski definition) is 1. The number of nitrogens with zero attached hydrogens (tertiary/aromatic N) is 2. The van der Waals surface area contributed by atoms with Crippen molar-refractivity contribution < 1.29 is 9.13 Å². The van der Waals surface area contributed by atoms with Crippen LogP contribution in [0.1, 0.15) is 37.5 Å². The van der Waals surface area contributed by atoms with E-state index in [4.69, 9.17) is 4.74 Å². The van der Waals surface area contributed by atoms with Gasteiger partial charge in [0.25, 0.3) is 0 Å². The summed E-state index contributed by atoms with van der Waals surface area (Å²) < 4.78 is 22.0. The lowest BCUT2D eigenvalue weighted by Gasteiger charge is -2.19. The quantitative estimate of drug-likeness (QED) is 0.940. The van der Waals surface area contributed by atoms with E-state index in [0.29, 0.717) is 24.8 Å².